The second-order valence-electron chi connectivity index (χ2n) is 4.91. The molecule has 0 atom stereocenters. The minimum Gasteiger partial charge on any atom is -0.747 e. The molecule has 3 aromatic rings. The molecule has 0 unspecified atom stereocenters. The number of halogens is 2. The maximum absolute atomic E-state index is 10.8. The molecule has 2 aromatic carbocycles. The van der Waals surface area contributed by atoms with Crippen LogP contribution in [0.4, 0.5) is 0 Å². The number of fused-ring (bicyclic) bond motifs is 1. The van der Waals surface area contributed by atoms with Crippen LogP contribution in [0.1, 0.15) is 5.56 Å². The first kappa shape index (κ1) is 17.9. The van der Waals surface area contributed by atoms with Crippen LogP contribution < -0.4 is 0 Å². The Balaban J connectivity index is 1.98. The predicted octanol–water partition coefficient (Wildman–Crippen LogP) is 3.60. The van der Waals surface area contributed by atoms with Crippen molar-refractivity contribution in [3.05, 3.63) is 51.2 Å². The highest BCUT2D eigenvalue weighted by Crippen LogP contribution is 2.29. The maximum atomic E-state index is 10.8. The summed E-state index contributed by atoms with van der Waals surface area (Å²) in [5, 5.41) is 9.78. The summed E-state index contributed by atoms with van der Waals surface area (Å²) in [4.78, 5) is 0. The molecule has 0 saturated heterocycles. The van der Waals surface area contributed by atoms with E-state index in [0.29, 0.717) is 16.4 Å². The van der Waals surface area contributed by atoms with Crippen LogP contribution in [0.2, 0.25) is 0 Å². The first-order valence-electron chi connectivity index (χ1n) is 6.66. The van der Waals surface area contributed by atoms with Crippen LogP contribution in [0.25, 0.3) is 10.8 Å². The Kier molecular flexibility index (Phi) is 5.30. The van der Waals surface area contributed by atoms with Crippen molar-refractivity contribution in [3.63, 3.8) is 0 Å². The Hall–Kier alpha value is -0.940. The van der Waals surface area contributed by atoms with Crippen molar-refractivity contribution in [1.29, 1.82) is 0 Å². The van der Waals surface area contributed by atoms with Crippen LogP contribution in [-0.2, 0) is 16.7 Å². The fourth-order valence-corrected chi connectivity index (χ4v) is 4.64. The number of aromatic nitrogens is 3. The van der Waals surface area contributed by atoms with Crippen LogP contribution in [0.3, 0.4) is 0 Å². The third-order valence-electron chi connectivity index (χ3n) is 3.29. The van der Waals surface area contributed by atoms with E-state index in [1.54, 1.807) is 4.57 Å². The van der Waals surface area contributed by atoms with Gasteiger partial charge in [0, 0.05) is 4.47 Å². The van der Waals surface area contributed by atoms with Gasteiger partial charge >= 0.3 is 0 Å². The summed E-state index contributed by atoms with van der Waals surface area (Å²) in [6.45, 7) is 0.447. The average Bonchev–Trinajstić information content (AvgIpc) is 2.88. The van der Waals surface area contributed by atoms with E-state index in [2.05, 4.69) is 42.1 Å². The van der Waals surface area contributed by atoms with Crippen molar-refractivity contribution >= 4 is 64.5 Å². The van der Waals surface area contributed by atoms with E-state index < -0.39 is 15.2 Å². The lowest BCUT2D eigenvalue weighted by atomic mass is 10.0. The molecule has 0 aliphatic heterocycles. The summed E-state index contributed by atoms with van der Waals surface area (Å²) in [6, 6.07) is 11.9. The number of hydrogen-bond donors (Lipinski definition) is 0. The Morgan fingerprint density at radius 3 is 2.50 bits per heavy atom. The SMILES string of the molecule is O=S(=O)([O-])CSc1nnc(Br)n1Cc1ccc(Br)c2ccccc12. The standard InChI is InChI=1S/C14H11Br2N3O3S2/c15-12-6-5-9(10-3-1-2-4-11(10)12)7-19-13(16)17-18-14(19)23-8-24(20,21)22/h1-6H,7-8H2,(H,20,21,22)/p-1. The summed E-state index contributed by atoms with van der Waals surface area (Å²) in [5.74, 6) is 0. The van der Waals surface area contributed by atoms with Gasteiger partial charge in [0.25, 0.3) is 0 Å². The smallest absolute Gasteiger partial charge is 0.201 e. The van der Waals surface area contributed by atoms with Crippen LogP contribution in [-0.4, -0.2) is 32.8 Å². The van der Waals surface area contributed by atoms with E-state index in [-0.39, 0.29) is 0 Å². The van der Waals surface area contributed by atoms with Crippen LogP contribution in [0.5, 0.6) is 0 Å². The minimum atomic E-state index is -4.33. The molecule has 0 amide bonds. The summed E-state index contributed by atoms with van der Waals surface area (Å²) in [6.07, 6.45) is 0. The molecule has 0 aliphatic rings. The number of hydrogen-bond acceptors (Lipinski definition) is 6. The normalized spacial score (nSPS) is 12.0. The largest absolute Gasteiger partial charge is 0.747 e. The van der Waals surface area contributed by atoms with Crippen LogP contribution in [0, 0.1) is 0 Å². The molecule has 0 aliphatic carbocycles. The zero-order valence-electron chi connectivity index (χ0n) is 12.0. The quantitative estimate of drug-likeness (QED) is 0.400. The Morgan fingerprint density at radius 1 is 1.08 bits per heavy atom. The van der Waals surface area contributed by atoms with Gasteiger partial charge in [-0.05, 0) is 38.3 Å². The number of thioether (sulfide) groups is 1. The molecule has 0 N–H and O–H groups in total. The number of benzene rings is 2. The van der Waals surface area contributed by atoms with E-state index >= 15 is 0 Å². The van der Waals surface area contributed by atoms with Gasteiger partial charge in [-0.2, -0.15) is 0 Å². The molecule has 0 bridgehead atoms. The van der Waals surface area contributed by atoms with E-state index in [4.69, 9.17) is 0 Å². The summed E-state index contributed by atoms with van der Waals surface area (Å²) >= 11 is 7.70. The molecular formula is C14H10Br2N3O3S2-. The monoisotopic (exact) mass is 490 g/mol. The third kappa shape index (κ3) is 3.99. The molecular weight excluding hydrogens is 482 g/mol. The Bertz CT molecular complexity index is 1010. The summed E-state index contributed by atoms with van der Waals surface area (Å²) in [5.41, 5.74) is 1.03. The molecule has 0 radical (unpaired) electrons. The van der Waals surface area contributed by atoms with Gasteiger partial charge < -0.3 is 4.55 Å². The fraction of sp³-hybridized carbons (Fsp3) is 0.143. The van der Waals surface area contributed by atoms with Crippen molar-refractivity contribution in [1.82, 2.24) is 14.8 Å². The maximum Gasteiger partial charge on any atom is 0.201 e. The van der Waals surface area contributed by atoms with Gasteiger partial charge in [-0.25, -0.2) is 8.42 Å². The van der Waals surface area contributed by atoms with Gasteiger partial charge in [-0.3, -0.25) is 4.57 Å². The molecule has 3 rings (SSSR count). The molecule has 10 heteroatoms. The van der Waals surface area contributed by atoms with Gasteiger partial charge in [-0.15, -0.1) is 10.2 Å². The molecule has 0 saturated carbocycles. The number of rotatable bonds is 5. The molecule has 1 aromatic heterocycles. The van der Waals surface area contributed by atoms with Gasteiger partial charge in [0.2, 0.25) is 4.73 Å². The lowest BCUT2D eigenvalue weighted by molar-refractivity contribution is 0.468. The first-order valence-corrected chi connectivity index (χ1v) is 10.8. The number of nitrogens with zero attached hydrogens (tertiary/aromatic N) is 3. The van der Waals surface area contributed by atoms with Gasteiger partial charge in [0.05, 0.1) is 11.6 Å². The zero-order chi connectivity index (χ0) is 17.3. The Labute approximate surface area is 159 Å². The summed E-state index contributed by atoms with van der Waals surface area (Å²) in [7, 11) is -4.33. The van der Waals surface area contributed by atoms with Crippen molar-refractivity contribution in [2.24, 2.45) is 0 Å². The average molecular weight is 492 g/mol. The fourth-order valence-electron chi connectivity index (χ4n) is 2.27. The van der Waals surface area contributed by atoms with Gasteiger partial charge in [0.1, 0.15) is 10.1 Å². The topological polar surface area (TPSA) is 87.9 Å². The van der Waals surface area contributed by atoms with Crippen LogP contribution >= 0.6 is 43.6 Å². The van der Waals surface area contributed by atoms with Crippen molar-refractivity contribution in [3.8, 4) is 0 Å². The van der Waals surface area contributed by atoms with Gasteiger partial charge in [0.15, 0.2) is 5.16 Å². The second-order valence-corrected chi connectivity index (χ2v) is 9.19. The third-order valence-corrected chi connectivity index (χ3v) is 6.76. The molecule has 0 fully saturated rings. The molecule has 126 valence electrons. The highest BCUT2D eigenvalue weighted by Gasteiger charge is 2.14. The second kappa shape index (κ2) is 7.12. The van der Waals surface area contributed by atoms with Crippen LogP contribution in [0.15, 0.2) is 50.8 Å². The zero-order valence-corrected chi connectivity index (χ0v) is 16.8. The van der Waals surface area contributed by atoms with Crippen molar-refractivity contribution in [2.75, 3.05) is 5.08 Å². The summed E-state index contributed by atoms with van der Waals surface area (Å²) < 4.78 is 35.7. The van der Waals surface area contributed by atoms with Gasteiger partial charge in [-0.1, -0.05) is 58.0 Å². The lowest BCUT2D eigenvalue weighted by Gasteiger charge is -2.12. The molecule has 6 nitrogen and oxygen atoms in total. The molecule has 24 heavy (non-hydrogen) atoms. The minimum absolute atomic E-state index is 0.369. The van der Waals surface area contributed by atoms with E-state index in [1.807, 2.05) is 36.4 Å². The Morgan fingerprint density at radius 2 is 1.79 bits per heavy atom. The first-order chi connectivity index (χ1) is 11.3. The lowest BCUT2D eigenvalue weighted by Crippen LogP contribution is -2.06. The van der Waals surface area contributed by atoms with E-state index in [0.717, 1.165) is 32.6 Å². The van der Waals surface area contributed by atoms with Crippen molar-refractivity contribution < 1.29 is 13.0 Å². The highest BCUT2D eigenvalue weighted by atomic mass is 79.9. The highest BCUT2D eigenvalue weighted by molar-refractivity contribution is 9.10. The van der Waals surface area contributed by atoms with E-state index in [9.17, 15) is 13.0 Å². The van der Waals surface area contributed by atoms with Crippen molar-refractivity contribution in [2.45, 2.75) is 11.7 Å². The molecule has 1 heterocycles. The molecule has 0 spiro atoms. The predicted molar refractivity (Wildman–Crippen MR) is 98.9 cm³/mol. The van der Waals surface area contributed by atoms with E-state index in [1.165, 1.54) is 0 Å².